The molecule has 2 amide bonds. The number of carbonyl (C=O) groups is 2. The number of benzene rings is 2. The van der Waals surface area contributed by atoms with Crippen molar-refractivity contribution in [2.45, 2.75) is 26.3 Å². The standard InChI is InChI=1S/C24H25N5O3/c1-16-2-4-17(5-3-16)23-26-22(32-27-23)15-28-10-12-29(13-11-28)24(31)19-6-8-20-18(14-19)7-9-21(30)25-20/h2-6,8,14H,7,9-13,15H2,1H3,(H,25,30). The van der Waals surface area contributed by atoms with Crippen LogP contribution in [-0.4, -0.2) is 57.9 Å². The van der Waals surface area contributed by atoms with Crippen LogP contribution in [0.25, 0.3) is 11.4 Å². The van der Waals surface area contributed by atoms with Gasteiger partial charge in [0, 0.05) is 49.4 Å². The molecule has 0 spiro atoms. The molecule has 2 aromatic carbocycles. The largest absolute Gasteiger partial charge is 0.338 e. The van der Waals surface area contributed by atoms with Crippen molar-refractivity contribution in [3.05, 3.63) is 65.0 Å². The fraction of sp³-hybridized carbons (Fsp3) is 0.333. The summed E-state index contributed by atoms with van der Waals surface area (Å²) >= 11 is 0. The summed E-state index contributed by atoms with van der Waals surface area (Å²) in [6.45, 7) is 5.39. The Morgan fingerprint density at radius 3 is 2.62 bits per heavy atom. The third-order valence-corrected chi connectivity index (χ3v) is 6.04. The van der Waals surface area contributed by atoms with E-state index in [0.717, 1.165) is 29.9 Å². The Balaban J connectivity index is 1.17. The first-order chi connectivity index (χ1) is 15.5. The summed E-state index contributed by atoms with van der Waals surface area (Å²) in [6, 6.07) is 13.6. The van der Waals surface area contributed by atoms with E-state index in [2.05, 4.69) is 20.4 Å². The molecule has 8 nitrogen and oxygen atoms in total. The molecule has 5 rings (SSSR count). The highest BCUT2D eigenvalue weighted by molar-refractivity contribution is 5.98. The second-order valence-corrected chi connectivity index (χ2v) is 8.37. The van der Waals surface area contributed by atoms with Gasteiger partial charge in [-0.15, -0.1) is 0 Å². The van der Waals surface area contributed by atoms with Crippen LogP contribution in [0.4, 0.5) is 5.69 Å². The lowest BCUT2D eigenvalue weighted by Gasteiger charge is -2.34. The molecule has 32 heavy (non-hydrogen) atoms. The monoisotopic (exact) mass is 431 g/mol. The van der Waals surface area contributed by atoms with Crippen LogP contribution >= 0.6 is 0 Å². The fourth-order valence-electron chi connectivity index (χ4n) is 4.14. The fourth-order valence-corrected chi connectivity index (χ4v) is 4.14. The summed E-state index contributed by atoms with van der Waals surface area (Å²) in [6.07, 6.45) is 1.13. The van der Waals surface area contributed by atoms with Crippen molar-refractivity contribution in [2.75, 3.05) is 31.5 Å². The van der Waals surface area contributed by atoms with Crippen molar-refractivity contribution in [3.8, 4) is 11.4 Å². The van der Waals surface area contributed by atoms with E-state index in [-0.39, 0.29) is 11.8 Å². The highest BCUT2D eigenvalue weighted by atomic mass is 16.5. The first kappa shape index (κ1) is 20.4. The lowest BCUT2D eigenvalue weighted by molar-refractivity contribution is -0.116. The molecule has 0 aliphatic carbocycles. The summed E-state index contributed by atoms with van der Waals surface area (Å²) in [7, 11) is 0. The van der Waals surface area contributed by atoms with E-state index in [4.69, 9.17) is 4.52 Å². The molecule has 0 bridgehead atoms. The Morgan fingerprint density at radius 2 is 1.84 bits per heavy atom. The average molecular weight is 431 g/mol. The summed E-state index contributed by atoms with van der Waals surface area (Å²) in [4.78, 5) is 33.1. The number of aromatic nitrogens is 2. The van der Waals surface area contributed by atoms with Gasteiger partial charge in [-0.25, -0.2) is 0 Å². The van der Waals surface area contributed by atoms with Crippen LogP contribution in [0.1, 0.15) is 33.8 Å². The Bertz CT molecular complexity index is 1150. The highest BCUT2D eigenvalue weighted by Crippen LogP contribution is 2.24. The molecule has 2 aliphatic heterocycles. The van der Waals surface area contributed by atoms with Crippen molar-refractivity contribution in [3.63, 3.8) is 0 Å². The Morgan fingerprint density at radius 1 is 1.06 bits per heavy atom. The summed E-state index contributed by atoms with van der Waals surface area (Å²) in [5, 5.41) is 6.96. The predicted molar refractivity (Wildman–Crippen MR) is 119 cm³/mol. The molecule has 1 saturated heterocycles. The number of nitrogens with one attached hydrogen (secondary N) is 1. The highest BCUT2D eigenvalue weighted by Gasteiger charge is 2.25. The maximum Gasteiger partial charge on any atom is 0.253 e. The first-order valence-electron chi connectivity index (χ1n) is 10.9. The molecule has 1 fully saturated rings. The second kappa shape index (κ2) is 8.55. The Hall–Kier alpha value is -3.52. The lowest BCUT2D eigenvalue weighted by atomic mass is 10.00. The van der Waals surface area contributed by atoms with Gasteiger partial charge in [-0.1, -0.05) is 35.0 Å². The minimum atomic E-state index is 0.0277. The third-order valence-electron chi connectivity index (χ3n) is 6.04. The SMILES string of the molecule is Cc1ccc(-c2noc(CN3CCN(C(=O)c4ccc5c(c4)CCC(=O)N5)CC3)n2)cc1. The van der Waals surface area contributed by atoms with Gasteiger partial charge in [0.15, 0.2) is 0 Å². The van der Waals surface area contributed by atoms with Crippen LogP contribution in [0, 0.1) is 6.92 Å². The molecule has 1 aromatic heterocycles. The van der Waals surface area contributed by atoms with Crippen LogP contribution in [-0.2, 0) is 17.8 Å². The van der Waals surface area contributed by atoms with Crippen LogP contribution < -0.4 is 5.32 Å². The number of fused-ring (bicyclic) bond motifs is 1. The van der Waals surface area contributed by atoms with Gasteiger partial charge in [-0.05, 0) is 37.1 Å². The van der Waals surface area contributed by atoms with Crippen LogP contribution in [0.2, 0.25) is 0 Å². The minimum Gasteiger partial charge on any atom is -0.338 e. The van der Waals surface area contributed by atoms with Gasteiger partial charge in [0.2, 0.25) is 17.6 Å². The lowest BCUT2D eigenvalue weighted by Crippen LogP contribution is -2.48. The summed E-state index contributed by atoms with van der Waals surface area (Å²) in [5.74, 6) is 1.23. The Labute approximate surface area is 186 Å². The number of anilines is 1. The molecule has 0 unspecified atom stereocenters. The van der Waals surface area contributed by atoms with E-state index in [9.17, 15) is 9.59 Å². The normalized spacial score (nSPS) is 16.5. The molecule has 1 N–H and O–H groups in total. The number of piperazine rings is 1. The second-order valence-electron chi connectivity index (χ2n) is 8.37. The molecule has 0 saturated carbocycles. The van der Waals surface area contributed by atoms with Crippen molar-refractivity contribution in [2.24, 2.45) is 0 Å². The number of nitrogens with zero attached hydrogens (tertiary/aromatic N) is 4. The van der Waals surface area contributed by atoms with Crippen LogP contribution in [0.5, 0.6) is 0 Å². The average Bonchev–Trinajstić information content (AvgIpc) is 3.27. The predicted octanol–water partition coefficient (Wildman–Crippen LogP) is 2.89. The zero-order valence-corrected chi connectivity index (χ0v) is 18.0. The first-order valence-corrected chi connectivity index (χ1v) is 10.9. The van der Waals surface area contributed by atoms with Gasteiger partial charge in [0.05, 0.1) is 6.54 Å². The van der Waals surface area contributed by atoms with Gasteiger partial charge < -0.3 is 14.7 Å². The number of hydrogen-bond acceptors (Lipinski definition) is 6. The zero-order valence-electron chi connectivity index (χ0n) is 18.0. The molecule has 3 heterocycles. The number of aryl methyl sites for hydroxylation is 2. The molecule has 0 atom stereocenters. The van der Waals surface area contributed by atoms with Crippen molar-refractivity contribution >= 4 is 17.5 Å². The molecule has 8 heteroatoms. The van der Waals surface area contributed by atoms with Gasteiger partial charge in [0.25, 0.3) is 5.91 Å². The number of hydrogen-bond donors (Lipinski definition) is 1. The third kappa shape index (κ3) is 4.27. The van der Waals surface area contributed by atoms with Crippen molar-refractivity contribution < 1.29 is 14.1 Å². The molecule has 164 valence electrons. The smallest absolute Gasteiger partial charge is 0.253 e. The topological polar surface area (TPSA) is 91.6 Å². The van der Waals surface area contributed by atoms with E-state index >= 15 is 0 Å². The molecule has 3 aromatic rings. The van der Waals surface area contributed by atoms with Crippen LogP contribution in [0.3, 0.4) is 0 Å². The van der Waals surface area contributed by atoms with E-state index in [1.807, 2.05) is 48.2 Å². The molecular formula is C24H25N5O3. The van der Waals surface area contributed by atoms with E-state index in [0.29, 0.717) is 49.8 Å². The van der Waals surface area contributed by atoms with E-state index < -0.39 is 0 Å². The number of carbonyl (C=O) groups excluding carboxylic acids is 2. The van der Waals surface area contributed by atoms with Crippen molar-refractivity contribution in [1.82, 2.24) is 19.9 Å². The minimum absolute atomic E-state index is 0.0277. The van der Waals surface area contributed by atoms with E-state index in [1.54, 1.807) is 6.07 Å². The number of rotatable bonds is 4. The van der Waals surface area contributed by atoms with Gasteiger partial charge >= 0.3 is 0 Å². The summed E-state index contributed by atoms with van der Waals surface area (Å²) in [5.41, 5.74) is 4.63. The Kier molecular flexibility index (Phi) is 5.45. The number of amides is 2. The summed E-state index contributed by atoms with van der Waals surface area (Å²) < 4.78 is 5.44. The van der Waals surface area contributed by atoms with Gasteiger partial charge in [-0.2, -0.15) is 4.98 Å². The zero-order chi connectivity index (χ0) is 22.1. The maximum absolute atomic E-state index is 13.0. The molecule has 0 radical (unpaired) electrons. The molecule has 2 aliphatic rings. The molecular weight excluding hydrogens is 406 g/mol. The van der Waals surface area contributed by atoms with Crippen molar-refractivity contribution in [1.29, 1.82) is 0 Å². The van der Waals surface area contributed by atoms with E-state index in [1.165, 1.54) is 5.56 Å². The van der Waals surface area contributed by atoms with Crippen LogP contribution in [0.15, 0.2) is 47.0 Å². The quantitative estimate of drug-likeness (QED) is 0.683. The van der Waals surface area contributed by atoms with Gasteiger partial charge in [0.1, 0.15) is 0 Å². The van der Waals surface area contributed by atoms with Gasteiger partial charge in [-0.3, -0.25) is 14.5 Å². The maximum atomic E-state index is 13.0.